The fourth-order valence-corrected chi connectivity index (χ4v) is 2.70. The van der Waals surface area contributed by atoms with Crippen LogP contribution < -0.4 is 11.3 Å². The Hall–Kier alpha value is -1.85. The Morgan fingerprint density at radius 1 is 1.28 bits per heavy atom. The van der Waals surface area contributed by atoms with Gasteiger partial charge in [-0.3, -0.25) is 16.3 Å². The molecule has 92 valence electrons. The summed E-state index contributed by atoms with van der Waals surface area (Å²) in [4.78, 5) is 4.50. The van der Waals surface area contributed by atoms with Crippen molar-refractivity contribution in [2.24, 2.45) is 5.84 Å². The van der Waals surface area contributed by atoms with Crippen LogP contribution >= 0.6 is 0 Å². The van der Waals surface area contributed by atoms with Crippen LogP contribution in [0.5, 0.6) is 0 Å². The van der Waals surface area contributed by atoms with Gasteiger partial charge in [-0.1, -0.05) is 6.07 Å². The van der Waals surface area contributed by atoms with E-state index in [9.17, 15) is 0 Å². The summed E-state index contributed by atoms with van der Waals surface area (Å²) in [6.45, 7) is 0. The summed E-state index contributed by atoms with van der Waals surface area (Å²) in [5.74, 6) is 6.02. The van der Waals surface area contributed by atoms with Crippen LogP contribution in [0.15, 0.2) is 36.8 Å². The maximum atomic E-state index is 5.72. The third-order valence-corrected chi connectivity index (χ3v) is 3.55. The molecule has 18 heavy (non-hydrogen) atoms. The van der Waals surface area contributed by atoms with Crippen molar-refractivity contribution in [3.8, 4) is 0 Å². The SMILES string of the molecule is NNC(c1ccnnc1)C1CCc2cccnc21. The molecule has 0 aromatic carbocycles. The van der Waals surface area contributed by atoms with Gasteiger partial charge in [-0.15, -0.1) is 0 Å². The Kier molecular flexibility index (Phi) is 3.00. The Balaban J connectivity index is 1.95. The highest BCUT2D eigenvalue weighted by atomic mass is 15.2. The van der Waals surface area contributed by atoms with E-state index in [-0.39, 0.29) is 6.04 Å². The van der Waals surface area contributed by atoms with E-state index >= 15 is 0 Å². The summed E-state index contributed by atoms with van der Waals surface area (Å²) in [6.07, 6.45) is 7.41. The molecular weight excluding hydrogens is 226 g/mol. The highest BCUT2D eigenvalue weighted by molar-refractivity contribution is 5.32. The van der Waals surface area contributed by atoms with E-state index < -0.39 is 0 Å². The van der Waals surface area contributed by atoms with Crippen molar-refractivity contribution in [2.75, 3.05) is 0 Å². The molecule has 2 heterocycles. The first-order chi connectivity index (χ1) is 8.90. The zero-order valence-electron chi connectivity index (χ0n) is 9.95. The highest BCUT2D eigenvalue weighted by Crippen LogP contribution is 2.39. The molecule has 0 saturated heterocycles. The van der Waals surface area contributed by atoms with E-state index in [0.717, 1.165) is 24.1 Å². The fourth-order valence-electron chi connectivity index (χ4n) is 2.70. The Morgan fingerprint density at radius 2 is 2.22 bits per heavy atom. The van der Waals surface area contributed by atoms with Crippen molar-refractivity contribution in [3.05, 3.63) is 53.6 Å². The normalized spacial score (nSPS) is 19.5. The maximum Gasteiger partial charge on any atom is 0.0560 e. The lowest BCUT2D eigenvalue weighted by molar-refractivity contribution is 0.445. The molecule has 1 aliphatic rings. The van der Waals surface area contributed by atoms with Gasteiger partial charge in [-0.05, 0) is 36.1 Å². The van der Waals surface area contributed by atoms with Gasteiger partial charge in [-0.2, -0.15) is 10.2 Å². The van der Waals surface area contributed by atoms with E-state index in [2.05, 4.69) is 26.7 Å². The Bertz CT molecular complexity index is 528. The smallest absolute Gasteiger partial charge is 0.0560 e. The van der Waals surface area contributed by atoms with Crippen LogP contribution in [0.3, 0.4) is 0 Å². The Labute approximate surface area is 105 Å². The number of nitrogens with one attached hydrogen (secondary N) is 1. The summed E-state index contributed by atoms with van der Waals surface area (Å²) in [6, 6.07) is 6.11. The molecule has 0 aliphatic heterocycles. The molecule has 0 spiro atoms. The minimum atomic E-state index is 0.0386. The highest BCUT2D eigenvalue weighted by Gasteiger charge is 2.31. The van der Waals surface area contributed by atoms with Gasteiger partial charge in [0.05, 0.1) is 12.2 Å². The summed E-state index contributed by atoms with van der Waals surface area (Å²) in [5.41, 5.74) is 6.42. The maximum absolute atomic E-state index is 5.72. The van der Waals surface area contributed by atoms with Gasteiger partial charge in [0, 0.05) is 24.0 Å². The van der Waals surface area contributed by atoms with Gasteiger partial charge in [0.25, 0.3) is 0 Å². The van der Waals surface area contributed by atoms with E-state index in [4.69, 9.17) is 5.84 Å². The number of fused-ring (bicyclic) bond motifs is 1. The first-order valence-corrected chi connectivity index (χ1v) is 6.06. The molecule has 3 N–H and O–H groups in total. The molecule has 1 aliphatic carbocycles. The van der Waals surface area contributed by atoms with Gasteiger partial charge < -0.3 is 0 Å². The van der Waals surface area contributed by atoms with Crippen LogP contribution in [0.25, 0.3) is 0 Å². The number of hydrazine groups is 1. The van der Waals surface area contributed by atoms with E-state index in [1.165, 1.54) is 5.56 Å². The monoisotopic (exact) mass is 241 g/mol. The standard InChI is InChI=1S/C13H15N5/c14-18-13(10-5-7-16-17-8-10)11-4-3-9-2-1-6-15-12(9)11/h1-2,5-8,11,13,18H,3-4,14H2. The van der Waals surface area contributed by atoms with E-state index in [0.29, 0.717) is 5.92 Å². The molecule has 2 unspecified atom stereocenters. The lowest BCUT2D eigenvalue weighted by Crippen LogP contribution is -2.32. The minimum absolute atomic E-state index is 0.0386. The molecule has 0 radical (unpaired) electrons. The third-order valence-electron chi connectivity index (χ3n) is 3.55. The average molecular weight is 241 g/mol. The summed E-state index contributed by atoms with van der Waals surface area (Å²) in [7, 11) is 0. The van der Waals surface area contributed by atoms with Crippen molar-refractivity contribution in [1.29, 1.82) is 0 Å². The van der Waals surface area contributed by atoms with E-state index in [1.807, 2.05) is 18.3 Å². The van der Waals surface area contributed by atoms with Crippen molar-refractivity contribution < 1.29 is 0 Å². The molecule has 5 heteroatoms. The third kappa shape index (κ3) is 1.87. The number of rotatable bonds is 3. The van der Waals surface area contributed by atoms with Crippen LogP contribution in [-0.2, 0) is 6.42 Å². The van der Waals surface area contributed by atoms with Crippen LogP contribution in [0, 0.1) is 0 Å². The van der Waals surface area contributed by atoms with Crippen LogP contribution in [-0.4, -0.2) is 15.2 Å². The quantitative estimate of drug-likeness (QED) is 0.621. The molecule has 3 rings (SSSR count). The predicted octanol–water partition coefficient (Wildman–Crippen LogP) is 1.11. The molecule has 0 saturated carbocycles. The van der Waals surface area contributed by atoms with E-state index in [1.54, 1.807) is 12.4 Å². The number of pyridine rings is 1. The van der Waals surface area contributed by atoms with Crippen molar-refractivity contribution in [2.45, 2.75) is 24.8 Å². The fraction of sp³-hybridized carbons (Fsp3) is 0.308. The molecule has 2 aromatic heterocycles. The number of nitrogens with two attached hydrogens (primary N) is 1. The van der Waals surface area contributed by atoms with Gasteiger partial charge >= 0.3 is 0 Å². The number of aromatic nitrogens is 3. The van der Waals surface area contributed by atoms with Gasteiger partial charge in [0.1, 0.15) is 0 Å². The van der Waals surface area contributed by atoms with Crippen LogP contribution in [0.1, 0.15) is 35.2 Å². The van der Waals surface area contributed by atoms with Crippen molar-refractivity contribution >= 4 is 0 Å². The molecule has 0 amide bonds. The van der Waals surface area contributed by atoms with Gasteiger partial charge in [0.2, 0.25) is 0 Å². The second-order valence-electron chi connectivity index (χ2n) is 4.51. The second kappa shape index (κ2) is 4.80. The molecule has 2 aromatic rings. The molecule has 5 nitrogen and oxygen atoms in total. The number of hydrogen-bond acceptors (Lipinski definition) is 5. The second-order valence-corrected chi connectivity index (χ2v) is 4.51. The molecule has 0 bridgehead atoms. The summed E-state index contributed by atoms with van der Waals surface area (Å²) in [5, 5.41) is 7.71. The molecule has 2 atom stereocenters. The molecule has 0 fully saturated rings. The minimum Gasteiger partial charge on any atom is -0.271 e. The van der Waals surface area contributed by atoms with Crippen LogP contribution in [0.4, 0.5) is 0 Å². The van der Waals surface area contributed by atoms with Crippen LogP contribution in [0.2, 0.25) is 0 Å². The first kappa shape index (κ1) is 11.3. The van der Waals surface area contributed by atoms with Gasteiger partial charge in [-0.25, -0.2) is 0 Å². The Morgan fingerprint density at radius 3 is 3.00 bits per heavy atom. The summed E-state index contributed by atoms with van der Waals surface area (Å²) < 4.78 is 0. The lowest BCUT2D eigenvalue weighted by atomic mass is 9.92. The summed E-state index contributed by atoms with van der Waals surface area (Å²) >= 11 is 0. The lowest BCUT2D eigenvalue weighted by Gasteiger charge is -2.22. The number of nitrogens with zero attached hydrogens (tertiary/aromatic N) is 3. The topological polar surface area (TPSA) is 76.7 Å². The number of hydrogen-bond donors (Lipinski definition) is 2. The largest absolute Gasteiger partial charge is 0.271 e. The first-order valence-electron chi connectivity index (χ1n) is 6.06. The predicted molar refractivity (Wildman–Crippen MR) is 67.4 cm³/mol. The number of aryl methyl sites for hydroxylation is 1. The zero-order chi connectivity index (χ0) is 12.4. The van der Waals surface area contributed by atoms with Crippen molar-refractivity contribution in [3.63, 3.8) is 0 Å². The van der Waals surface area contributed by atoms with Gasteiger partial charge in [0.15, 0.2) is 0 Å². The molecular formula is C13H15N5. The van der Waals surface area contributed by atoms with Crippen molar-refractivity contribution in [1.82, 2.24) is 20.6 Å². The zero-order valence-corrected chi connectivity index (χ0v) is 9.95. The average Bonchev–Trinajstić information content (AvgIpc) is 2.85.